The minimum Gasteiger partial charge on any atom is -0.360 e. The van der Waals surface area contributed by atoms with E-state index in [0.717, 1.165) is 17.7 Å². The Hall–Kier alpha value is -3.06. The number of nitrogens with one attached hydrogen (secondary N) is 2. The number of hydrogen-bond acceptors (Lipinski definition) is 3. The molecule has 0 aliphatic rings. The topological polar surface area (TPSA) is 64.9 Å². The summed E-state index contributed by atoms with van der Waals surface area (Å²) in [6.45, 7) is 4.03. The zero-order chi connectivity index (χ0) is 16.7. The molecule has 0 heterocycles. The Bertz CT molecular complexity index is 755. The van der Waals surface area contributed by atoms with Crippen molar-refractivity contribution in [2.45, 2.75) is 20.3 Å². The van der Waals surface area contributed by atoms with Crippen LogP contribution in [-0.2, 0) is 11.2 Å². The van der Waals surface area contributed by atoms with E-state index in [1.165, 1.54) is 11.8 Å². The molecule has 0 saturated heterocycles. The molecule has 0 saturated carbocycles. The van der Waals surface area contributed by atoms with Crippen molar-refractivity contribution >= 4 is 17.3 Å². The molecular weight excluding hydrogens is 286 g/mol. The van der Waals surface area contributed by atoms with Crippen LogP contribution in [-0.4, -0.2) is 5.91 Å². The van der Waals surface area contributed by atoms with Crippen molar-refractivity contribution in [3.63, 3.8) is 0 Å². The summed E-state index contributed by atoms with van der Waals surface area (Å²) in [5, 5.41) is 14.9. The molecule has 0 spiro atoms. The Balaban J connectivity index is 2.05. The first-order valence-electron chi connectivity index (χ1n) is 7.46. The van der Waals surface area contributed by atoms with Crippen molar-refractivity contribution in [3.05, 3.63) is 71.4 Å². The lowest BCUT2D eigenvalue weighted by Crippen LogP contribution is -2.14. The molecule has 23 heavy (non-hydrogen) atoms. The number of nitrogens with zero attached hydrogens (tertiary/aromatic N) is 1. The third kappa shape index (κ3) is 4.72. The molecule has 2 rings (SSSR count). The summed E-state index contributed by atoms with van der Waals surface area (Å²) >= 11 is 0. The largest absolute Gasteiger partial charge is 0.360 e. The first-order valence-corrected chi connectivity index (χ1v) is 7.46. The van der Waals surface area contributed by atoms with E-state index in [-0.39, 0.29) is 5.57 Å². The number of benzene rings is 2. The summed E-state index contributed by atoms with van der Waals surface area (Å²) in [5.41, 5.74) is 3.80. The van der Waals surface area contributed by atoms with Crippen LogP contribution in [0, 0.1) is 18.3 Å². The van der Waals surface area contributed by atoms with Crippen LogP contribution in [0.1, 0.15) is 18.1 Å². The Kier molecular flexibility index (Phi) is 5.54. The number of carbonyl (C=O) groups excluding carboxylic acids is 1. The molecule has 0 aromatic heterocycles. The molecule has 0 atom stereocenters. The molecule has 116 valence electrons. The minimum atomic E-state index is -0.434. The molecule has 4 nitrogen and oxygen atoms in total. The van der Waals surface area contributed by atoms with Crippen LogP contribution in [0.25, 0.3) is 0 Å². The first kappa shape index (κ1) is 16.3. The van der Waals surface area contributed by atoms with Gasteiger partial charge >= 0.3 is 0 Å². The summed E-state index contributed by atoms with van der Waals surface area (Å²) in [6, 6.07) is 17.2. The van der Waals surface area contributed by atoms with E-state index in [1.807, 2.05) is 55.5 Å². The van der Waals surface area contributed by atoms with Crippen molar-refractivity contribution in [3.8, 4) is 6.07 Å². The van der Waals surface area contributed by atoms with E-state index in [0.29, 0.717) is 5.69 Å². The molecule has 0 aliphatic heterocycles. The van der Waals surface area contributed by atoms with Crippen molar-refractivity contribution in [1.82, 2.24) is 0 Å². The molecule has 2 aromatic rings. The minimum absolute atomic E-state index is 0.0195. The smallest absolute Gasteiger partial charge is 0.267 e. The maximum atomic E-state index is 12.1. The molecule has 0 radical (unpaired) electrons. The fraction of sp³-hybridized carbons (Fsp3) is 0.158. The van der Waals surface area contributed by atoms with Crippen LogP contribution in [0.15, 0.2) is 60.3 Å². The van der Waals surface area contributed by atoms with Gasteiger partial charge in [-0.3, -0.25) is 4.79 Å². The van der Waals surface area contributed by atoms with E-state index >= 15 is 0 Å². The van der Waals surface area contributed by atoms with Gasteiger partial charge in [-0.05, 0) is 48.7 Å². The molecule has 0 aliphatic carbocycles. The quantitative estimate of drug-likeness (QED) is 0.648. The Labute approximate surface area is 136 Å². The monoisotopic (exact) mass is 305 g/mol. The van der Waals surface area contributed by atoms with E-state index in [9.17, 15) is 10.1 Å². The Morgan fingerprint density at radius 1 is 1.17 bits per heavy atom. The molecule has 0 unspecified atom stereocenters. The average molecular weight is 305 g/mol. The van der Waals surface area contributed by atoms with Gasteiger partial charge in [-0.2, -0.15) is 5.26 Å². The highest BCUT2D eigenvalue weighted by Crippen LogP contribution is 2.13. The third-order valence-corrected chi connectivity index (χ3v) is 3.39. The van der Waals surface area contributed by atoms with Crippen LogP contribution in [0.4, 0.5) is 11.4 Å². The summed E-state index contributed by atoms with van der Waals surface area (Å²) in [5.74, 6) is -0.434. The highest BCUT2D eigenvalue weighted by Gasteiger charge is 2.09. The lowest BCUT2D eigenvalue weighted by Gasteiger charge is -2.06. The van der Waals surface area contributed by atoms with Gasteiger partial charge in [0.25, 0.3) is 5.91 Å². The lowest BCUT2D eigenvalue weighted by atomic mass is 10.1. The number of carbonyl (C=O) groups is 1. The first-order chi connectivity index (χ1) is 11.1. The predicted molar refractivity (Wildman–Crippen MR) is 92.9 cm³/mol. The van der Waals surface area contributed by atoms with Crippen LogP contribution in [0.5, 0.6) is 0 Å². The van der Waals surface area contributed by atoms with Crippen LogP contribution in [0.2, 0.25) is 0 Å². The van der Waals surface area contributed by atoms with E-state index in [1.54, 1.807) is 6.07 Å². The number of hydrogen-bond donors (Lipinski definition) is 2. The molecule has 4 heteroatoms. The number of aryl methyl sites for hydroxylation is 2. The highest BCUT2D eigenvalue weighted by molar-refractivity contribution is 6.06. The molecular formula is C19H19N3O. The molecule has 2 N–H and O–H groups in total. The van der Waals surface area contributed by atoms with Gasteiger partial charge in [0.1, 0.15) is 11.6 Å². The number of nitriles is 1. The second-order valence-corrected chi connectivity index (χ2v) is 5.19. The van der Waals surface area contributed by atoms with Crippen LogP contribution in [0.3, 0.4) is 0 Å². The number of amides is 1. The zero-order valence-corrected chi connectivity index (χ0v) is 13.3. The number of rotatable bonds is 5. The Morgan fingerprint density at radius 2 is 1.91 bits per heavy atom. The van der Waals surface area contributed by atoms with E-state index in [4.69, 9.17) is 0 Å². The zero-order valence-electron chi connectivity index (χ0n) is 13.3. The molecule has 0 bridgehead atoms. The van der Waals surface area contributed by atoms with Gasteiger partial charge < -0.3 is 10.6 Å². The third-order valence-electron chi connectivity index (χ3n) is 3.39. The molecule has 2 aromatic carbocycles. The molecule has 1 amide bonds. The summed E-state index contributed by atoms with van der Waals surface area (Å²) in [4.78, 5) is 12.1. The predicted octanol–water partition coefficient (Wildman–Crippen LogP) is 4.02. The normalized spacial score (nSPS) is 10.7. The fourth-order valence-corrected chi connectivity index (χ4v) is 2.06. The van der Waals surface area contributed by atoms with Gasteiger partial charge in [0.15, 0.2) is 0 Å². The maximum absolute atomic E-state index is 12.1. The van der Waals surface area contributed by atoms with E-state index in [2.05, 4.69) is 17.6 Å². The van der Waals surface area contributed by atoms with Crippen LogP contribution < -0.4 is 10.6 Å². The lowest BCUT2D eigenvalue weighted by molar-refractivity contribution is -0.112. The van der Waals surface area contributed by atoms with Gasteiger partial charge in [0.2, 0.25) is 0 Å². The van der Waals surface area contributed by atoms with Crippen molar-refractivity contribution in [2.24, 2.45) is 0 Å². The maximum Gasteiger partial charge on any atom is 0.267 e. The number of anilines is 2. The van der Waals surface area contributed by atoms with Crippen molar-refractivity contribution < 1.29 is 4.79 Å². The van der Waals surface area contributed by atoms with Gasteiger partial charge in [0.05, 0.1) is 0 Å². The molecule has 0 fully saturated rings. The van der Waals surface area contributed by atoms with E-state index < -0.39 is 5.91 Å². The summed E-state index contributed by atoms with van der Waals surface area (Å²) < 4.78 is 0. The van der Waals surface area contributed by atoms with Gasteiger partial charge in [-0.15, -0.1) is 0 Å². The van der Waals surface area contributed by atoms with Gasteiger partial charge in [0, 0.05) is 17.6 Å². The van der Waals surface area contributed by atoms with Gasteiger partial charge in [-0.25, -0.2) is 0 Å². The van der Waals surface area contributed by atoms with Crippen LogP contribution >= 0.6 is 0 Å². The van der Waals surface area contributed by atoms with Crippen molar-refractivity contribution in [1.29, 1.82) is 5.26 Å². The van der Waals surface area contributed by atoms with Crippen molar-refractivity contribution in [2.75, 3.05) is 10.6 Å². The second kappa shape index (κ2) is 7.81. The Morgan fingerprint density at radius 3 is 2.52 bits per heavy atom. The highest BCUT2D eigenvalue weighted by atomic mass is 16.1. The second-order valence-electron chi connectivity index (χ2n) is 5.19. The average Bonchev–Trinajstić information content (AvgIpc) is 2.56. The van der Waals surface area contributed by atoms with Gasteiger partial charge in [-0.1, -0.05) is 31.2 Å². The standard InChI is InChI=1S/C19H19N3O/c1-3-15-7-9-17(10-8-15)21-13-16(12-20)19(23)22-18-6-4-5-14(2)11-18/h4-11,13,21H,3H2,1-2H3,(H,22,23)/b16-13-. The summed E-state index contributed by atoms with van der Waals surface area (Å²) in [6.07, 6.45) is 2.39. The summed E-state index contributed by atoms with van der Waals surface area (Å²) in [7, 11) is 0. The fourth-order valence-electron chi connectivity index (χ4n) is 2.06. The SMILES string of the molecule is CCc1ccc(N/C=C(/C#N)C(=O)Nc2cccc(C)c2)cc1.